The van der Waals surface area contributed by atoms with Crippen molar-refractivity contribution in [2.24, 2.45) is 0 Å². The second-order valence-corrected chi connectivity index (χ2v) is 12.3. The molecular weight excluding hydrogens is 534 g/mol. The quantitative estimate of drug-likeness (QED) is 0.200. The van der Waals surface area contributed by atoms with Crippen LogP contribution < -0.4 is 0 Å². The Morgan fingerprint density at radius 3 is 1.61 bits per heavy atom. The van der Waals surface area contributed by atoms with Crippen LogP contribution in [-0.4, -0.2) is 14.8 Å². The molecular formula is C41H29N3. The molecule has 9 rings (SSSR count). The third-order valence-corrected chi connectivity index (χ3v) is 9.51. The van der Waals surface area contributed by atoms with E-state index in [2.05, 4.69) is 146 Å². The Bertz CT molecular complexity index is 2340. The monoisotopic (exact) mass is 563 g/mol. The number of benzene rings is 7. The van der Waals surface area contributed by atoms with Crippen LogP contribution in [0.4, 0.5) is 0 Å². The molecule has 0 saturated heterocycles. The van der Waals surface area contributed by atoms with Crippen LogP contribution in [0.2, 0.25) is 0 Å². The number of hydrogen-bond donors (Lipinski definition) is 0. The first-order valence-corrected chi connectivity index (χ1v) is 15.2. The minimum absolute atomic E-state index is 0.0598. The molecule has 0 amide bonds. The second kappa shape index (κ2) is 9.23. The van der Waals surface area contributed by atoms with Crippen LogP contribution in [0, 0.1) is 0 Å². The molecule has 8 aromatic rings. The Hall–Kier alpha value is -5.54. The lowest BCUT2D eigenvalue weighted by molar-refractivity contribution is 0.661. The molecule has 0 atom stereocenters. The summed E-state index contributed by atoms with van der Waals surface area (Å²) >= 11 is 0. The first kappa shape index (κ1) is 25.0. The van der Waals surface area contributed by atoms with Crippen molar-refractivity contribution in [1.29, 1.82) is 0 Å². The van der Waals surface area contributed by atoms with Crippen molar-refractivity contribution in [3.05, 3.63) is 151 Å². The third-order valence-electron chi connectivity index (χ3n) is 9.51. The van der Waals surface area contributed by atoms with E-state index in [1.807, 2.05) is 12.1 Å². The van der Waals surface area contributed by atoms with Crippen molar-refractivity contribution < 1.29 is 0 Å². The van der Waals surface area contributed by atoms with Gasteiger partial charge in [0.15, 0.2) is 11.6 Å². The zero-order valence-electron chi connectivity index (χ0n) is 24.6. The van der Waals surface area contributed by atoms with Gasteiger partial charge >= 0.3 is 0 Å². The molecule has 3 nitrogen and oxygen atoms in total. The summed E-state index contributed by atoms with van der Waals surface area (Å²) in [7, 11) is 0. The van der Waals surface area contributed by atoms with E-state index < -0.39 is 0 Å². The van der Waals surface area contributed by atoms with Crippen molar-refractivity contribution in [2.45, 2.75) is 19.3 Å². The van der Waals surface area contributed by atoms with Crippen molar-refractivity contribution >= 4 is 32.3 Å². The SMILES string of the molecule is CC1(C)c2ccccc2-c2cc3c4ccccc4c4cc(-n5c(-c6ccccc6)nnc5-c5ccccc5)ccc4c3cc21. The lowest BCUT2D eigenvalue weighted by Gasteiger charge is -2.22. The van der Waals surface area contributed by atoms with E-state index in [4.69, 9.17) is 10.2 Å². The second-order valence-electron chi connectivity index (χ2n) is 12.3. The van der Waals surface area contributed by atoms with Crippen molar-refractivity contribution in [1.82, 2.24) is 14.8 Å². The molecule has 0 fully saturated rings. The van der Waals surface area contributed by atoms with Gasteiger partial charge in [0.25, 0.3) is 0 Å². The maximum atomic E-state index is 4.72. The first-order valence-electron chi connectivity index (χ1n) is 15.2. The highest BCUT2D eigenvalue weighted by atomic mass is 15.3. The van der Waals surface area contributed by atoms with Gasteiger partial charge in [0.05, 0.1) is 0 Å². The number of nitrogens with zero attached hydrogens (tertiary/aromatic N) is 3. The zero-order valence-corrected chi connectivity index (χ0v) is 24.6. The van der Waals surface area contributed by atoms with Gasteiger partial charge in [0.2, 0.25) is 0 Å². The van der Waals surface area contributed by atoms with Crippen molar-refractivity contribution in [3.8, 4) is 39.6 Å². The Labute approximate surface area is 256 Å². The summed E-state index contributed by atoms with van der Waals surface area (Å²) in [5, 5.41) is 17.0. The summed E-state index contributed by atoms with van der Waals surface area (Å²) < 4.78 is 2.20. The van der Waals surface area contributed by atoms with E-state index >= 15 is 0 Å². The van der Waals surface area contributed by atoms with Gasteiger partial charge in [-0.2, -0.15) is 0 Å². The Morgan fingerprint density at radius 2 is 0.955 bits per heavy atom. The maximum absolute atomic E-state index is 4.72. The highest BCUT2D eigenvalue weighted by Gasteiger charge is 2.35. The Balaban J connectivity index is 1.35. The van der Waals surface area contributed by atoms with E-state index in [1.165, 1.54) is 54.6 Å². The highest BCUT2D eigenvalue weighted by molar-refractivity contribution is 6.26. The van der Waals surface area contributed by atoms with Gasteiger partial charge in [-0.1, -0.05) is 129 Å². The van der Waals surface area contributed by atoms with E-state index in [1.54, 1.807) is 0 Å². The van der Waals surface area contributed by atoms with Gasteiger partial charge < -0.3 is 0 Å². The molecule has 0 unspecified atom stereocenters. The van der Waals surface area contributed by atoms with E-state index in [0.29, 0.717) is 0 Å². The summed E-state index contributed by atoms with van der Waals surface area (Å²) in [6, 6.07) is 50.1. The Kier molecular flexibility index (Phi) is 5.24. The zero-order chi connectivity index (χ0) is 29.4. The van der Waals surface area contributed by atoms with Gasteiger partial charge in [-0.05, 0) is 78.8 Å². The molecule has 1 aromatic heterocycles. The van der Waals surface area contributed by atoms with Crippen LogP contribution in [0.1, 0.15) is 25.0 Å². The van der Waals surface area contributed by atoms with Crippen LogP contribution in [0.25, 0.3) is 71.9 Å². The average Bonchev–Trinajstić information content (AvgIpc) is 3.62. The minimum Gasteiger partial charge on any atom is -0.275 e. The standard InChI is InChI=1S/C41H29N3/c1-41(2)37-20-12-11-19-32(37)36-24-34-30-18-10-9-17-29(30)33-23-28(21-22-31(33)35(34)25-38(36)41)44-39(26-13-5-3-6-14-26)42-43-40(44)27-15-7-4-8-16-27/h3-25H,1-2H3. The molecule has 7 aromatic carbocycles. The van der Waals surface area contributed by atoms with E-state index in [-0.39, 0.29) is 5.41 Å². The van der Waals surface area contributed by atoms with E-state index in [0.717, 1.165) is 28.5 Å². The van der Waals surface area contributed by atoms with Crippen LogP contribution in [0.3, 0.4) is 0 Å². The third kappa shape index (κ3) is 3.50. The predicted octanol–water partition coefficient (Wildman–Crippen LogP) is 10.4. The fraction of sp³-hybridized carbons (Fsp3) is 0.0732. The van der Waals surface area contributed by atoms with Gasteiger partial charge in [-0.25, -0.2) is 0 Å². The molecule has 0 aliphatic heterocycles. The molecule has 0 radical (unpaired) electrons. The topological polar surface area (TPSA) is 30.7 Å². The number of rotatable bonds is 3. The van der Waals surface area contributed by atoms with Crippen LogP contribution in [0.15, 0.2) is 140 Å². The van der Waals surface area contributed by atoms with Crippen molar-refractivity contribution in [3.63, 3.8) is 0 Å². The van der Waals surface area contributed by atoms with E-state index in [9.17, 15) is 0 Å². The van der Waals surface area contributed by atoms with Crippen LogP contribution in [-0.2, 0) is 5.41 Å². The van der Waals surface area contributed by atoms with Crippen LogP contribution >= 0.6 is 0 Å². The van der Waals surface area contributed by atoms with Crippen LogP contribution in [0.5, 0.6) is 0 Å². The fourth-order valence-corrected chi connectivity index (χ4v) is 7.35. The van der Waals surface area contributed by atoms with Gasteiger partial charge in [-0.15, -0.1) is 10.2 Å². The lowest BCUT2D eigenvalue weighted by atomic mass is 9.81. The molecule has 1 heterocycles. The molecule has 1 aliphatic carbocycles. The molecule has 3 heteroatoms. The first-order chi connectivity index (χ1) is 21.6. The molecule has 0 bridgehead atoms. The smallest absolute Gasteiger partial charge is 0.168 e. The lowest BCUT2D eigenvalue weighted by Crippen LogP contribution is -2.14. The van der Waals surface area contributed by atoms with Gasteiger partial charge in [0.1, 0.15) is 0 Å². The summed E-state index contributed by atoms with van der Waals surface area (Å²) in [5.41, 5.74) is 8.53. The minimum atomic E-state index is -0.0598. The largest absolute Gasteiger partial charge is 0.275 e. The number of aromatic nitrogens is 3. The summed E-state index contributed by atoms with van der Waals surface area (Å²) in [4.78, 5) is 0. The molecule has 0 spiro atoms. The predicted molar refractivity (Wildman–Crippen MR) is 182 cm³/mol. The molecule has 208 valence electrons. The average molecular weight is 564 g/mol. The number of fused-ring (bicyclic) bond motifs is 9. The molecule has 1 aliphatic rings. The van der Waals surface area contributed by atoms with Crippen molar-refractivity contribution in [2.75, 3.05) is 0 Å². The molecule has 44 heavy (non-hydrogen) atoms. The summed E-state index contributed by atoms with van der Waals surface area (Å²) in [6.07, 6.45) is 0. The number of hydrogen-bond acceptors (Lipinski definition) is 2. The van der Waals surface area contributed by atoms with Gasteiger partial charge in [-0.3, -0.25) is 4.57 Å². The summed E-state index contributed by atoms with van der Waals surface area (Å²) in [6.45, 7) is 4.71. The highest BCUT2D eigenvalue weighted by Crippen LogP contribution is 2.51. The Morgan fingerprint density at radius 1 is 0.432 bits per heavy atom. The normalized spacial score (nSPS) is 13.4. The summed E-state index contributed by atoms with van der Waals surface area (Å²) in [5.74, 6) is 1.65. The maximum Gasteiger partial charge on any atom is 0.168 e. The van der Waals surface area contributed by atoms with Gasteiger partial charge in [0, 0.05) is 22.2 Å². The molecule has 0 N–H and O–H groups in total. The fourth-order valence-electron chi connectivity index (χ4n) is 7.35. The molecule has 0 saturated carbocycles.